The van der Waals surface area contributed by atoms with Gasteiger partial charge in [-0.15, -0.1) is 0 Å². The lowest BCUT2D eigenvalue weighted by atomic mass is 10.0. The van der Waals surface area contributed by atoms with Crippen LogP contribution in [0.4, 0.5) is 0 Å². The second-order valence-electron chi connectivity index (χ2n) is 5.60. The third-order valence-electron chi connectivity index (χ3n) is 4.25. The number of phenols is 1. The molecule has 0 fully saturated rings. The SMILES string of the molecule is Cc1ccccc1CCNC1CCc2cc(O)ccc21. The van der Waals surface area contributed by atoms with Crippen molar-refractivity contribution in [1.29, 1.82) is 0 Å². The van der Waals surface area contributed by atoms with Crippen molar-refractivity contribution in [2.45, 2.75) is 32.2 Å². The molecule has 1 unspecified atom stereocenters. The molecule has 0 aliphatic heterocycles. The highest BCUT2D eigenvalue weighted by atomic mass is 16.3. The zero-order chi connectivity index (χ0) is 13.9. The van der Waals surface area contributed by atoms with Crippen LogP contribution in [0.15, 0.2) is 42.5 Å². The second kappa shape index (κ2) is 5.68. The highest BCUT2D eigenvalue weighted by Gasteiger charge is 2.21. The molecule has 2 nitrogen and oxygen atoms in total. The van der Waals surface area contributed by atoms with Crippen LogP contribution in [0.5, 0.6) is 5.75 Å². The Morgan fingerprint density at radius 3 is 2.90 bits per heavy atom. The third-order valence-corrected chi connectivity index (χ3v) is 4.25. The molecule has 3 rings (SSSR count). The summed E-state index contributed by atoms with van der Waals surface area (Å²) in [5, 5.41) is 13.2. The first-order valence-electron chi connectivity index (χ1n) is 7.34. The average molecular weight is 267 g/mol. The van der Waals surface area contributed by atoms with Gasteiger partial charge >= 0.3 is 0 Å². The zero-order valence-electron chi connectivity index (χ0n) is 11.9. The minimum atomic E-state index is 0.379. The largest absolute Gasteiger partial charge is 0.508 e. The Hall–Kier alpha value is -1.80. The fraction of sp³-hybridized carbons (Fsp3) is 0.333. The normalized spacial score (nSPS) is 17.1. The van der Waals surface area contributed by atoms with E-state index in [1.54, 1.807) is 6.07 Å². The predicted octanol–water partition coefficient (Wildman–Crippen LogP) is 3.52. The first kappa shape index (κ1) is 13.2. The summed E-state index contributed by atoms with van der Waals surface area (Å²) in [7, 11) is 0. The molecule has 0 radical (unpaired) electrons. The lowest BCUT2D eigenvalue weighted by molar-refractivity contribution is 0.474. The standard InChI is InChI=1S/C18H21NO/c1-13-4-2-3-5-14(13)10-11-19-18-9-6-15-12-16(20)7-8-17(15)18/h2-5,7-8,12,18-20H,6,9-11H2,1H3. The van der Waals surface area contributed by atoms with Crippen LogP contribution in [0.2, 0.25) is 0 Å². The maximum Gasteiger partial charge on any atom is 0.115 e. The van der Waals surface area contributed by atoms with Crippen molar-refractivity contribution < 1.29 is 5.11 Å². The van der Waals surface area contributed by atoms with E-state index in [2.05, 4.69) is 42.6 Å². The van der Waals surface area contributed by atoms with Gasteiger partial charge in [0.05, 0.1) is 0 Å². The van der Waals surface area contributed by atoms with Gasteiger partial charge in [0.15, 0.2) is 0 Å². The molecule has 1 atom stereocenters. The summed E-state index contributed by atoms with van der Waals surface area (Å²) in [5.74, 6) is 0.379. The minimum Gasteiger partial charge on any atom is -0.508 e. The van der Waals surface area contributed by atoms with Gasteiger partial charge in [-0.05, 0) is 67.1 Å². The molecule has 1 aliphatic rings. The molecule has 0 amide bonds. The van der Waals surface area contributed by atoms with Crippen molar-refractivity contribution >= 4 is 0 Å². The number of fused-ring (bicyclic) bond motifs is 1. The van der Waals surface area contributed by atoms with Crippen molar-refractivity contribution in [3.63, 3.8) is 0 Å². The summed E-state index contributed by atoms with van der Waals surface area (Å²) in [5.41, 5.74) is 5.43. The van der Waals surface area contributed by atoms with Gasteiger partial charge in [0, 0.05) is 6.04 Å². The highest BCUT2D eigenvalue weighted by Crippen LogP contribution is 2.33. The molecule has 0 aromatic heterocycles. The predicted molar refractivity (Wildman–Crippen MR) is 82.1 cm³/mol. The number of phenolic OH excluding ortho intramolecular Hbond substituents is 1. The Kier molecular flexibility index (Phi) is 3.75. The number of hydrogen-bond acceptors (Lipinski definition) is 2. The van der Waals surface area contributed by atoms with E-state index >= 15 is 0 Å². The molecule has 0 heterocycles. The van der Waals surface area contributed by atoms with Crippen LogP contribution in [-0.4, -0.2) is 11.7 Å². The summed E-state index contributed by atoms with van der Waals surface area (Å²) in [6.07, 6.45) is 3.26. The number of benzene rings is 2. The highest BCUT2D eigenvalue weighted by molar-refractivity contribution is 5.40. The number of nitrogens with one attached hydrogen (secondary N) is 1. The molecular weight excluding hydrogens is 246 g/mol. The molecule has 104 valence electrons. The van der Waals surface area contributed by atoms with E-state index in [4.69, 9.17) is 0 Å². The molecular formula is C18H21NO. The van der Waals surface area contributed by atoms with Crippen molar-refractivity contribution in [2.75, 3.05) is 6.54 Å². The molecule has 0 saturated carbocycles. The van der Waals surface area contributed by atoms with Crippen LogP contribution < -0.4 is 5.32 Å². The van der Waals surface area contributed by atoms with Crippen molar-refractivity contribution in [3.8, 4) is 5.75 Å². The number of hydrogen-bond donors (Lipinski definition) is 2. The first-order chi connectivity index (χ1) is 9.74. The van der Waals surface area contributed by atoms with Crippen LogP contribution in [0.25, 0.3) is 0 Å². The van der Waals surface area contributed by atoms with Gasteiger partial charge < -0.3 is 10.4 Å². The zero-order valence-corrected chi connectivity index (χ0v) is 11.9. The quantitative estimate of drug-likeness (QED) is 0.888. The van der Waals surface area contributed by atoms with E-state index in [1.807, 2.05) is 6.07 Å². The Bertz CT molecular complexity index is 606. The van der Waals surface area contributed by atoms with Gasteiger partial charge in [0.25, 0.3) is 0 Å². The van der Waals surface area contributed by atoms with Crippen LogP contribution in [0.3, 0.4) is 0 Å². The second-order valence-corrected chi connectivity index (χ2v) is 5.60. The Morgan fingerprint density at radius 2 is 2.05 bits per heavy atom. The third kappa shape index (κ3) is 2.70. The van der Waals surface area contributed by atoms with Crippen molar-refractivity contribution in [1.82, 2.24) is 5.32 Å². The fourth-order valence-corrected chi connectivity index (χ4v) is 3.09. The van der Waals surface area contributed by atoms with Gasteiger partial charge in [-0.25, -0.2) is 0 Å². The summed E-state index contributed by atoms with van der Waals surface area (Å²) in [6.45, 7) is 3.17. The number of aromatic hydroxyl groups is 1. The average Bonchev–Trinajstić information content (AvgIpc) is 2.83. The summed E-state index contributed by atoms with van der Waals surface area (Å²) in [6, 6.07) is 14.8. The Morgan fingerprint density at radius 1 is 1.20 bits per heavy atom. The molecule has 2 heteroatoms. The van der Waals surface area contributed by atoms with E-state index < -0.39 is 0 Å². The first-order valence-corrected chi connectivity index (χ1v) is 7.34. The molecule has 2 aromatic rings. The number of rotatable bonds is 4. The van der Waals surface area contributed by atoms with Gasteiger partial charge in [-0.2, -0.15) is 0 Å². The molecule has 2 aromatic carbocycles. The van der Waals surface area contributed by atoms with Crippen molar-refractivity contribution in [3.05, 3.63) is 64.7 Å². The summed E-state index contributed by atoms with van der Waals surface area (Å²) < 4.78 is 0. The topological polar surface area (TPSA) is 32.3 Å². The lowest BCUT2D eigenvalue weighted by Crippen LogP contribution is -2.22. The molecule has 0 saturated heterocycles. The van der Waals surface area contributed by atoms with Gasteiger partial charge in [-0.1, -0.05) is 30.3 Å². The van der Waals surface area contributed by atoms with E-state index in [9.17, 15) is 5.11 Å². The van der Waals surface area contributed by atoms with Crippen LogP contribution in [-0.2, 0) is 12.8 Å². The van der Waals surface area contributed by atoms with Crippen LogP contribution >= 0.6 is 0 Å². The summed E-state index contributed by atoms with van der Waals surface area (Å²) in [4.78, 5) is 0. The van der Waals surface area contributed by atoms with E-state index in [0.717, 1.165) is 25.8 Å². The fourth-order valence-electron chi connectivity index (χ4n) is 3.09. The smallest absolute Gasteiger partial charge is 0.115 e. The maximum atomic E-state index is 9.52. The van der Waals surface area contributed by atoms with Crippen molar-refractivity contribution in [2.24, 2.45) is 0 Å². The van der Waals surface area contributed by atoms with Gasteiger partial charge in [-0.3, -0.25) is 0 Å². The Balaban J connectivity index is 1.60. The minimum absolute atomic E-state index is 0.379. The monoisotopic (exact) mass is 267 g/mol. The van der Waals surface area contributed by atoms with E-state index in [0.29, 0.717) is 11.8 Å². The van der Waals surface area contributed by atoms with Gasteiger partial charge in [0.1, 0.15) is 5.75 Å². The molecule has 1 aliphatic carbocycles. The van der Waals surface area contributed by atoms with Crippen LogP contribution in [0, 0.1) is 6.92 Å². The lowest BCUT2D eigenvalue weighted by Gasteiger charge is -2.14. The Labute approximate surface area is 120 Å². The maximum absolute atomic E-state index is 9.52. The molecule has 0 spiro atoms. The molecule has 0 bridgehead atoms. The van der Waals surface area contributed by atoms with E-state index in [1.165, 1.54) is 22.3 Å². The van der Waals surface area contributed by atoms with Gasteiger partial charge in [0.2, 0.25) is 0 Å². The van der Waals surface area contributed by atoms with E-state index in [-0.39, 0.29) is 0 Å². The van der Waals surface area contributed by atoms with Crippen LogP contribution in [0.1, 0.15) is 34.7 Å². The molecule has 2 N–H and O–H groups in total. The molecule has 20 heavy (non-hydrogen) atoms. The number of aryl methyl sites for hydroxylation is 2. The summed E-state index contributed by atoms with van der Waals surface area (Å²) >= 11 is 0.